The number of anilines is 1. The highest BCUT2D eigenvalue weighted by atomic mass is 32.2. The highest BCUT2D eigenvalue weighted by Crippen LogP contribution is 2.34. The zero-order chi connectivity index (χ0) is 19.5. The standard InChI is InChI=1S/C18H26N2O5S/c1-5-6-12(2)19-17(21)11-25-18(22)14-7-8-16-15(10-14)9-13(3)20(16)26(4,23)24/h7-8,10,12-13H,5-6,9,11H2,1-4H3,(H,19,21)/t12-,13-/m1/s1. The first-order valence-electron chi connectivity index (χ1n) is 8.72. The van der Waals surface area contributed by atoms with Gasteiger partial charge >= 0.3 is 5.97 Å². The van der Waals surface area contributed by atoms with Gasteiger partial charge in [0.05, 0.1) is 17.5 Å². The predicted molar refractivity (Wildman–Crippen MR) is 99.7 cm³/mol. The molecule has 144 valence electrons. The molecule has 0 unspecified atom stereocenters. The molecule has 0 saturated carbocycles. The van der Waals surface area contributed by atoms with Gasteiger partial charge in [0.15, 0.2) is 6.61 Å². The van der Waals surface area contributed by atoms with E-state index in [1.54, 1.807) is 12.1 Å². The number of nitrogens with one attached hydrogen (secondary N) is 1. The molecule has 7 nitrogen and oxygen atoms in total. The molecule has 0 fully saturated rings. The molecule has 0 aliphatic carbocycles. The van der Waals surface area contributed by atoms with Crippen LogP contribution in [0.1, 0.15) is 49.5 Å². The van der Waals surface area contributed by atoms with E-state index in [-0.39, 0.29) is 24.6 Å². The molecule has 1 heterocycles. The monoisotopic (exact) mass is 382 g/mol. The normalized spacial score (nSPS) is 17.5. The summed E-state index contributed by atoms with van der Waals surface area (Å²) in [5, 5.41) is 2.77. The van der Waals surface area contributed by atoms with Gasteiger partial charge in [-0.2, -0.15) is 0 Å². The van der Waals surface area contributed by atoms with E-state index in [0.717, 1.165) is 18.4 Å². The maximum Gasteiger partial charge on any atom is 0.338 e. The fourth-order valence-corrected chi connectivity index (χ4v) is 4.53. The Morgan fingerprint density at radius 3 is 2.69 bits per heavy atom. The van der Waals surface area contributed by atoms with Crippen molar-refractivity contribution in [1.29, 1.82) is 0 Å². The van der Waals surface area contributed by atoms with Gasteiger partial charge < -0.3 is 10.1 Å². The lowest BCUT2D eigenvalue weighted by Gasteiger charge is -2.21. The summed E-state index contributed by atoms with van der Waals surface area (Å²) in [5.41, 5.74) is 1.67. The van der Waals surface area contributed by atoms with Crippen molar-refractivity contribution in [1.82, 2.24) is 5.32 Å². The second-order valence-electron chi connectivity index (χ2n) is 6.79. The number of carbonyl (C=O) groups excluding carboxylic acids is 2. The molecular weight excluding hydrogens is 356 g/mol. The Kier molecular flexibility index (Phi) is 6.28. The van der Waals surface area contributed by atoms with E-state index < -0.39 is 16.0 Å². The highest BCUT2D eigenvalue weighted by Gasteiger charge is 2.32. The van der Waals surface area contributed by atoms with Crippen LogP contribution in [-0.4, -0.2) is 45.2 Å². The zero-order valence-corrected chi connectivity index (χ0v) is 16.4. The molecule has 1 aromatic rings. The number of hydrogen-bond donors (Lipinski definition) is 1. The van der Waals surface area contributed by atoms with Crippen molar-refractivity contribution in [3.8, 4) is 0 Å². The van der Waals surface area contributed by atoms with Crippen molar-refractivity contribution < 1.29 is 22.7 Å². The van der Waals surface area contributed by atoms with E-state index in [4.69, 9.17) is 4.74 Å². The molecule has 2 atom stereocenters. The minimum Gasteiger partial charge on any atom is -0.452 e. The highest BCUT2D eigenvalue weighted by molar-refractivity contribution is 7.92. The van der Waals surface area contributed by atoms with Gasteiger partial charge in [-0.3, -0.25) is 9.10 Å². The number of ether oxygens (including phenoxy) is 1. The molecule has 0 bridgehead atoms. The minimum absolute atomic E-state index is 0.0367. The van der Waals surface area contributed by atoms with Crippen molar-refractivity contribution in [3.05, 3.63) is 29.3 Å². The number of fused-ring (bicyclic) bond motifs is 1. The topological polar surface area (TPSA) is 92.8 Å². The van der Waals surface area contributed by atoms with Gasteiger partial charge in [-0.05, 0) is 50.5 Å². The van der Waals surface area contributed by atoms with Crippen LogP contribution in [0.25, 0.3) is 0 Å². The van der Waals surface area contributed by atoms with Crippen molar-refractivity contribution >= 4 is 27.6 Å². The number of amides is 1. The Morgan fingerprint density at radius 2 is 2.08 bits per heavy atom. The molecule has 0 saturated heterocycles. The third-order valence-electron chi connectivity index (χ3n) is 4.29. The summed E-state index contributed by atoms with van der Waals surface area (Å²) in [6.07, 6.45) is 3.51. The summed E-state index contributed by atoms with van der Waals surface area (Å²) in [5.74, 6) is -0.936. The van der Waals surface area contributed by atoms with Crippen LogP contribution in [0, 0.1) is 0 Å². The SMILES string of the molecule is CCC[C@@H](C)NC(=O)COC(=O)c1ccc2c(c1)C[C@@H](C)N2S(C)(=O)=O. The molecule has 8 heteroatoms. The van der Waals surface area contributed by atoms with Gasteiger partial charge in [-0.1, -0.05) is 13.3 Å². The third-order valence-corrected chi connectivity index (χ3v) is 5.56. The van der Waals surface area contributed by atoms with Crippen LogP contribution in [-0.2, 0) is 26.0 Å². The molecule has 0 spiro atoms. The van der Waals surface area contributed by atoms with Crippen molar-refractivity contribution in [2.24, 2.45) is 0 Å². The fraction of sp³-hybridized carbons (Fsp3) is 0.556. The third kappa shape index (κ3) is 4.75. The van der Waals surface area contributed by atoms with Crippen LogP contribution in [0.5, 0.6) is 0 Å². The lowest BCUT2D eigenvalue weighted by molar-refractivity contribution is -0.124. The largest absolute Gasteiger partial charge is 0.452 e. The maximum atomic E-state index is 12.2. The summed E-state index contributed by atoms with van der Waals surface area (Å²) in [6, 6.07) is 4.61. The van der Waals surface area contributed by atoms with Gasteiger partial charge in [0, 0.05) is 12.1 Å². The first-order valence-corrected chi connectivity index (χ1v) is 10.6. The number of sulfonamides is 1. The summed E-state index contributed by atoms with van der Waals surface area (Å²) in [6.45, 7) is 5.41. The smallest absolute Gasteiger partial charge is 0.338 e. The Balaban J connectivity index is 2.02. The quantitative estimate of drug-likeness (QED) is 0.727. The van der Waals surface area contributed by atoms with Crippen LogP contribution in [0.4, 0.5) is 5.69 Å². The average molecular weight is 382 g/mol. The second kappa shape index (κ2) is 8.07. The van der Waals surface area contributed by atoms with E-state index >= 15 is 0 Å². The van der Waals surface area contributed by atoms with E-state index in [2.05, 4.69) is 5.32 Å². The van der Waals surface area contributed by atoms with Gasteiger partial charge in [0.1, 0.15) is 0 Å². The Labute approximate surface area is 154 Å². The molecule has 1 aliphatic heterocycles. The second-order valence-corrected chi connectivity index (χ2v) is 8.65. The van der Waals surface area contributed by atoms with Gasteiger partial charge in [-0.25, -0.2) is 13.2 Å². The first kappa shape index (κ1) is 20.2. The first-order chi connectivity index (χ1) is 12.1. The van der Waals surface area contributed by atoms with Crippen molar-refractivity contribution in [2.45, 2.75) is 52.1 Å². The Hall–Kier alpha value is -2.09. The number of nitrogens with zero attached hydrogens (tertiary/aromatic N) is 1. The number of rotatable bonds is 7. The molecular formula is C18H26N2O5S. The number of carbonyl (C=O) groups is 2. The zero-order valence-electron chi connectivity index (χ0n) is 15.6. The molecule has 1 aromatic carbocycles. The minimum atomic E-state index is -3.37. The predicted octanol–water partition coefficient (Wildman–Crippen LogP) is 1.86. The molecule has 0 radical (unpaired) electrons. The molecule has 1 amide bonds. The van der Waals surface area contributed by atoms with Crippen LogP contribution >= 0.6 is 0 Å². The van der Waals surface area contributed by atoms with E-state index in [9.17, 15) is 18.0 Å². The van der Waals surface area contributed by atoms with E-state index in [0.29, 0.717) is 17.7 Å². The summed E-state index contributed by atoms with van der Waals surface area (Å²) in [4.78, 5) is 24.0. The number of esters is 1. The molecule has 1 N–H and O–H groups in total. The number of hydrogen-bond acceptors (Lipinski definition) is 5. The van der Waals surface area contributed by atoms with Crippen LogP contribution in [0.2, 0.25) is 0 Å². The summed E-state index contributed by atoms with van der Waals surface area (Å²) in [7, 11) is -3.37. The molecule has 0 aromatic heterocycles. The lowest BCUT2D eigenvalue weighted by atomic mass is 10.1. The fourth-order valence-electron chi connectivity index (χ4n) is 3.27. The molecule has 1 aliphatic rings. The van der Waals surface area contributed by atoms with E-state index in [1.165, 1.54) is 16.6 Å². The van der Waals surface area contributed by atoms with Gasteiger partial charge in [-0.15, -0.1) is 0 Å². The van der Waals surface area contributed by atoms with Crippen molar-refractivity contribution in [2.75, 3.05) is 17.2 Å². The number of benzene rings is 1. The van der Waals surface area contributed by atoms with Crippen molar-refractivity contribution in [3.63, 3.8) is 0 Å². The summed E-state index contributed by atoms with van der Waals surface area (Å²) >= 11 is 0. The van der Waals surface area contributed by atoms with E-state index in [1.807, 2.05) is 20.8 Å². The van der Waals surface area contributed by atoms with Gasteiger partial charge in [0.2, 0.25) is 10.0 Å². The molecule has 26 heavy (non-hydrogen) atoms. The maximum absolute atomic E-state index is 12.2. The van der Waals surface area contributed by atoms with Crippen LogP contribution < -0.4 is 9.62 Å². The summed E-state index contributed by atoms with van der Waals surface area (Å²) < 4.78 is 30.3. The van der Waals surface area contributed by atoms with Crippen LogP contribution in [0.3, 0.4) is 0 Å². The van der Waals surface area contributed by atoms with Gasteiger partial charge in [0.25, 0.3) is 5.91 Å². The molecule has 2 rings (SSSR count). The Morgan fingerprint density at radius 1 is 1.38 bits per heavy atom. The van der Waals surface area contributed by atoms with Crippen LogP contribution in [0.15, 0.2) is 18.2 Å². The Bertz CT molecular complexity index is 791. The average Bonchev–Trinajstić information content (AvgIpc) is 2.87. The lowest BCUT2D eigenvalue weighted by Crippen LogP contribution is -2.35.